The lowest BCUT2D eigenvalue weighted by molar-refractivity contribution is 0.687. The molecule has 0 saturated heterocycles. The summed E-state index contributed by atoms with van der Waals surface area (Å²) in [5.74, 6) is 1.99. The number of aromatic nitrogens is 5. The van der Waals surface area contributed by atoms with Gasteiger partial charge in [0.2, 0.25) is 0 Å². The number of thiophene rings is 1. The van der Waals surface area contributed by atoms with Crippen LogP contribution in [0.25, 0.3) is 32.7 Å². The van der Waals surface area contributed by atoms with Gasteiger partial charge in [-0.1, -0.05) is 65.9 Å². The maximum Gasteiger partial charge on any atom is 0.260 e. The molecule has 1 N–H and O–H groups in total. The van der Waals surface area contributed by atoms with Crippen molar-refractivity contribution in [1.29, 1.82) is 0 Å². The van der Waals surface area contributed by atoms with E-state index in [0.717, 1.165) is 39.0 Å². The van der Waals surface area contributed by atoms with Gasteiger partial charge in [-0.2, -0.15) is 0 Å². The summed E-state index contributed by atoms with van der Waals surface area (Å²) in [6.07, 6.45) is 0. The molecule has 0 amide bonds. The fourth-order valence-electron chi connectivity index (χ4n) is 3.70. The second-order valence-electron chi connectivity index (χ2n) is 7.42. The maximum absolute atomic E-state index is 12.9. The summed E-state index contributed by atoms with van der Waals surface area (Å²) in [5.41, 5.74) is 4.07. The molecular weight excluding hydrogens is 438 g/mol. The van der Waals surface area contributed by atoms with Crippen molar-refractivity contribution in [1.82, 2.24) is 24.7 Å². The van der Waals surface area contributed by atoms with Crippen LogP contribution in [0.15, 0.2) is 69.9 Å². The lowest BCUT2D eigenvalue weighted by Crippen LogP contribution is -2.11. The zero-order chi connectivity index (χ0) is 22.1. The number of rotatable bonds is 6. The number of H-pyrrole nitrogens is 1. The van der Waals surface area contributed by atoms with Crippen molar-refractivity contribution in [2.45, 2.75) is 31.3 Å². The first-order valence-electron chi connectivity index (χ1n) is 10.3. The summed E-state index contributed by atoms with van der Waals surface area (Å²) >= 11 is 3.02. The lowest BCUT2D eigenvalue weighted by atomic mass is 10.1. The molecule has 0 saturated carbocycles. The van der Waals surface area contributed by atoms with E-state index < -0.39 is 0 Å². The van der Waals surface area contributed by atoms with Crippen molar-refractivity contribution in [3.05, 3.63) is 81.7 Å². The standard InChI is InChI=1S/C24H21N5OS2/c1-3-29-21(17-11-7-8-15(2)12-17)27-28-24(29)32-14-19-25-22(30)20-18(13-31-23(20)26-19)16-9-5-4-6-10-16/h4-13H,3,14H2,1-2H3,(H,25,26,30). The Labute approximate surface area is 193 Å². The van der Waals surface area contributed by atoms with Crippen molar-refractivity contribution < 1.29 is 0 Å². The molecule has 6 nitrogen and oxygen atoms in total. The molecule has 0 spiro atoms. The van der Waals surface area contributed by atoms with Gasteiger partial charge in [0.05, 0.1) is 11.1 Å². The first kappa shape index (κ1) is 20.7. The van der Waals surface area contributed by atoms with Crippen molar-refractivity contribution >= 4 is 33.3 Å². The Morgan fingerprint density at radius 3 is 2.66 bits per heavy atom. The van der Waals surface area contributed by atoms with E-state index >= 15 is 0 Å². The Balaban J connectivity index is 1.42. The van der Waals surface area contributed by atoms with Crippen LogP contribution in [-0.4, -0.2) is 24.7 Å². The number of nitrogens with one attached hydrogen (secondary N) is 1. The van der Waals surface area contributed by atoms with Crippen LogP contribution < -0.4 is 5.56 Å². The molecule has 3 heterocycles. The van der Waals surface area contributed by atoms with Gasteiger partial charge in [0.15, 0.2) is 11.0 Å². The third kappa shape index (κ3) is 3.87. The molecule has 0 aliphatic rings. The van der Waals surface area contributed by atoms with Gasteiger partial charge in [0, 0.05) is 23.1 Å². The molecule has 5 rings (SSSR count). The number of hydrogen-bond acceptors (Lipinski definition) is 6. The van der Waals surface area contributed by atoms with Gasteiger partial charge in [-0.3, -0.25) is 4.79 Å². The fourth-order valence-corrected chi connectivity index (χ4v) is 5.54. The summed E-state index contributed by atoms with van der Waals surface area (Å²) in [6.45, 7) is 4.90. The van der Waals surface area contributed by atoms with E-state index in [4.69, 9.17) is 4.98 Å². The van der Waals surface area contributed by atoms with Crippen molar-refractivity contribution in [3.8, 4) is 22.5 Å². The zero-order valence-corrected chi connectivity index (χ0v) is 19.3. The average molecular weight is 460 g/mol. The Morgan fingerprint density at radius 2 is 1.88 bits per heavy atom. The van der Waals surface area contributed by atoms with Crippen LogP contribution in [0.5, 0.6) is 0 Å². The van der Waals surface area contributed by atoms with E-state index in [0.29, 0.717) is 17.0 Å². The minimum absolute atomic E-state index is 0.108. The summed E-state index contributed by atoms with van der Waals surface area (Å²) in [4.78, 5) is 21.3. The van der Waals surface area contributed by atoms with Crippen LogP contribution in [0.4, 0.5) is 0 Å². The van der Waals surface area contributed by atoms with Gasteiger partial charge in [0.25, 0.3) is 5.56 Å². The second-order valence-corrected chi connectivity index (χ2v) is 9.22. The molecule has 160 valence electrons. The summed E-state index contributed by atoms with van der Waals surface area (Å²) < 4.78 is 2.09. The number of hydrogen-bond donors (Lipinski definition) is 1. The van der Waals surface area contributed by atoms with Gasteiger partial charge in [-0.05, 0) is 25.5 Å². The van der Waals surface area contributed by atoms with Crippen molar-refractivity contribution in [2.75, 3.05) is 0 Å². The van der Waals surface area contributed by atoms with E-state index in [9.17, 15) is 4.79 Å². The average Bonchev–Trinajstić information content (AvgIpc) is 3.42. The number of aryl methyl sites for hydroxylation is 1. The predicted molar refractivity (Wildman–Crippen MR) is 131 cm³/mol. The highest BCUT2D eigenvalue weighted by Gasteiger charge is 2.16. The lowest BCUT2D eigenvalue weighted by Gasteiger charge is -2.08. The number of thioether (sulfide) groups is 1. The minimum Gasteiger partial charge on any atom is -0.309 e. The van der Waals surface area contributed by atoms with Gasteiger partial charge < -0.3 is 9.55 Å². The van der Waals surface area contributed by atoms with Crippen LogP contribution in [0.1, 0.15) is 18.3 Å². The van der Waals surface area contributed by atoms with Crippen LogP contribution in [0.2, 0.25) is 0 Å². The smallest absolute Gasteiger partial charge is 0.260 e. The molecule has 5 aromatic rings. The first-order chi connectivity index (χ1) is 15.6. The van der Waals surface area contributed by atoms with Gasteiger partial charge >= 0.3 is 0 Å². The van der Waals surface area contributed by atoms with Gasteiger partial charge in [-0.15, -0.1) is 21.5 Å². The van der Waals surface area contributed by atoms with Crippen LogP contribution in [0, 0.1) is 6.92 Å². The maximum atomic E-state index is 12.9. The van der Waals surface area contributed by atoms with Gasteiger partial charge in [-0.25, -0.2) is 4.98 Å². The summed E-state index contributed by atoms with van der Waals surface area (Å²) in [7, 11) is 0. The summed E-state index contributed by atoms with van der Waals surface area (Å²) in [6, 6.07) is 18.2. The second kappa shape index (κ2) is 8.72. The Hall–Kier alpha value is -3.23. The predicted octanol–water partition coefficient (Wildman–Crippen LogP) is 5.53. The molecular formula is C24H21N5OS2. The van der Waals surface area contributed by atoms with E-state index in [1.165, 1.54) is 28.7 Å². The topological polar surface area (TPSA) is 76.5 Å². The van der Waals surface area contributed by atoms with Gasteiger partial charge in [0.1, 0.15) is 10.7 Å². The molecule has 0 fully saturated rings. The third-order valence-electron chi connectivity index (χ3n) is 5.23. The van der Waals surface area contributed by atoms with E-state index in [1.54, 1.807) is 0 Å². The number of fused-ring (bicyclic) bond motifs is 1. The molecule has 2 aromatic carbocycles. The van der Waals surface area contributed by atoms with Crippen LogP contribution in [-0.2, 0) is 12.3 Å². The number of nitrogens with zero attached hydrogens (tertiary/aromatic N) is 4. The Morgan fingerprint density at radius 1 is 1.06 bits per heavy atom. The fraction of sp³-hybridized carbons (Fsp3) is 0.167. The van der Waals surface area contributed by atoms with Crippen LogP contribution in [0.3, 0.4) is 0 Å². The van der Waals surface area contributed by atoms with Crippen LogP contribution >= 0.6 is 23.1 Å². The van der Waals surface area contributed by atoms with Crippen molar-refractivity contribution in [3.63, 3.8) is 0 Å². The van der Waals surface area contributed by atoms with E-state index in [1.807, 2.05) is 47.8 Å². The molecule has 0 aliphatic carbocycles. The number of aromatic amines is 1. The van der Waals surface area contributed by atoms with E-state index in [2.05, 4.69) is 45.7 Å². The monoisotopic (exact) mass is 459 g/mol. The highest BCUT2D eigenvalue weighted by atomic mass is 32.2. The SMILES string of the molecule is CCn1c(SCc2nc3scc(-c4ccccc4)c3c(=O)[nH]2)nnc1-c1cccc(C)c1. The molecule has 0 radical (unpaired) electrons. The molecule has 32 heavy (non-hydrogen) atoms. The largest absolute Gasteiger partial charge is 0.309 e. The Bertz CT molecular complexity index is 1450. The molecule has 0 unspecified atom stereocenters. The molecule has 0 bridgehead atoms. The highest BCUT2D eigenvalue weighted by molar-refractivity contribution is 7.98. The minimum atomic E-state index is -0.108. The van der Waals surface area contributed by atoms with Crippen molar-refractivity contribution in [2.24, 2.45) is 0 Å². The molecule has 8 heteroatoms. The molecule has 0 atom stereocenters. The molecule has 3 aromatic heterocycles. The highest BCUT2D eigenvalue weighted by Crippen LogP contribution is 2.31. The Kier molecular flexibility index (Phi) is 5.63. The first-order valence-corrected chi connectivity index (χ1v) is 12.2. The third-order valence-corrected chi connectivity index (χ3v) is 7.08. The normalized spacial score (nSPS) is 11.3. The quantitative estimate of drug-likeness (QED) is 0.338. The summed E-state index contributed by atoms with van der Waals surface area (Å²) in [5, 5.41) is 12.3. The van der Waals surface area contributed by atoms with E-state index in [-0.39, 0.29) is 5.56 Å². The number of benzene rings is 2. The molecule has 0 aliphatic heterocycles. The zero-order valence-electron chi connectivity index (χ0n) is 17.7.